The van der Waals surface area contributed by atoms with E-state index in [0.717, 1.165) is 0 Å². The van der Waals surface area contributed by atoms with Crippen molar-refractivity contribution in [1.82, 2.24) is 0 Å². The number of carbonyl (C=O) groups excluding carboxylic acids is 1. The Kier molecular flexibility index (Phi) is 2.32. The Morgan fingerprint density at radius 1 is 2.00 bits per heavy atom. The number of carbonyl (C=O) groups is 1. The van der Waals surface area contributed by atoms with Gasteiger partial charge >= 0.3 is 6.41 Å². The normalized spacial score (nSPS) is 6.25. The molecule has 0 aromatic heterocycles. The van der Waals surface area contributed by atoms with E-state index < -0.39 is 0 Å². The van der Waals surface area contributed by atoms with Gasteiger partial charge in [-0.05, 0) is 0 Å². The number of hydroxylamine groups is 1. The Morgan fingerprint density at radius 3 is 2.25 bits per heavy atom. The first-order valence-electron chi connectivity index (χ1n) is 0.827. The van der Waals surface area contributed by atoms with E-state index in [2.05, 4.69) is 0 Å². The third-order valence-electron chi connectivity index (χ3n) is 0.0609. The molecule has 0 aliphatic carbocycles. The van der Waals surface area contributed by atoms with Crippen molar-refractivity contribution in [3.05, 3.63) is 0 Å². The number of rotatable bonds is 1. The molecule has 0 saturated carbocycles. The summed E-state index contributed by atoms with van der Waals surface area (Å²) in [6, 6.07) is 0. The highest BCUT2D eigenvalue weighted by Gasteiger charge is 1.53. The second-order valence-electron chi connectivity index (χ2n) is 0.285. The van der Waals surface area contributed by atoms with Gasteiger partial charge < -0.3 is 0 Å². The molecule has 0 rings (SSSR count). The van der Waals surface area contributed by atoms with Gasteiger partial charge in [0.15, 0.2) is 0 Å². The number of hydrogen-bond acceptors (Lipinski definition) is 2. The van der Waals surface area contributed by atoms with Gasteiger partial charge in [-0.3, -0.25) is 0 Å². The van der Waals surface area contributed by atoms with Gasteiger partial charge in [-0.2, -0.15) is 0 Å². The lowest BCUT2D eigenvalue weighted by atomic mass is 11.5. The van der Waals surface area contributed by atoms with Crippen molar-refractivity contribution in [3.63, 3.8) is 0 Å². The Morgan fingerprint density at radius 2 is 2.25 bits per heavy atom. The Balaban J connectivity index is 2.30. The molecule has 0 aromatic carbocycles. The van der Waals surface area contributed by atoms with Crippen molar-refractivity contribution in [1.29, 1.82) is 0 Å². The lowest BCUT2D eigenvalue weighted by Gasteiger charge is -1.55. The smallest absolute Gasteiger partial charge is 0.231 e. The first kappa shape index (κ1) is 3.59. The Labute approximate surface area is 23.2 Å². The lowest BCUT2D eigenvalue weighted by Crippen LogP contribution is -2.78. The van der Waals surface area contributed by atoms with Crippen molar-refractivity contribution < 1.29 is 15.5 Å². The van der Waals surface area contributed by atoms with Gasteiger partial charge in [0.1, 0.15) is 0 Å². The van der Waals surface area contributed by atoms with Crippen LogP contribution in [0.1, 0.15) is 0 Å². The summed E-state index contributed by atoms with van der Waals surface area (Å²) < 4.78 is 0. The lowest BCUT2D eigenvalue weighted by molar-refractivity contribution is -0.806. The van der Waals surface area contributed by atoms with Crippen LogP contribution in [0.5, 0.6) is 0 Å². The van der Waals surface area contributed by atoms with E-state index in [4.69, 9.17) is 10.0 Å². The molecule has 0 spiro atoms. The third kappa shape index (κ3) is 1.59. The van der Waals surface area contributed by atoms with Crippen LogP contribution >= 0.6 is 0 Å². The number of primary amides is 1. The highest BCUT2D eigenvalue weighted by molar-refractivity contribution is 5.30. The highest BCUT2D eigenvalue weighted by atomic mass is 16.5. The molecular formula is CH4NO2+. The summed E-state index contributed by atoms with van der Waals surface area (Å²) in [6.45, 7) is 0. The van der Waals surface area contributed by atoms with Gasteiger partial charge in [0.2, 0.25) is 0 Å². The molecule has 0 saturated heterocycles. The number of nitrogens with two attached hydrogens (primary N) is 1. The van der Waals surface area contributed by atoms with Crippen molar-refractivity contribution in [2.24, 2.45) is 0 Å². The standard InChI is InChI=1S/CH3NO2/c3-1-2-4/h1,4H,(H,2,3)/p+1. The molecule has 0 bridgehead atoms. The first-order valence-corrected chi connectivity index (χ1v) is 0.827. The average Bonchev–Trinajstić information content (AvgIpc) is 1.37. The molecule has 4 heavy (non-hydrogen) atoms. The zero-order valence-electron chi connectivity index (χ0n) is 2.01. The van der Waals surface area contributed by atoms with Crippen LogP contribution in [0, 0.1) is 0 Å². The molecule has 3 nitrogen and oxygen atoms in total. The van der Waals surface area contributed by atoms with Gasteiger partial charge in [-0.15, -0.1) is 5.48 Å². The maximum Gasteiger partial charge on any atom is 0.330 e. The topological polar surface area (TPSA) is 53.9 Å². The molecule has 0 atom stereocenters. The number of quaternary nitrogens is 1. The minimum atomic E-state index is 0.306. The molecule has 3 heteroatoms. The van der Waals surface area contributed by atoms with E-state index in [-0.39, 0.29) is 0 Å². The van der Waals surface area contributed by atoms with Crippen LogP contribution in [0.3, 0.4) is 0 Å². The first-order chi connectivity index (χ1) is 1.91. The third-order valence-corrected chi connectivity index (χ3v) is 0.0609. The van der Waals surface area contributed by atoms with Crippen LogP contribution in [0.2, 0.25) is 0 Å². The second kappa shape index (κ2) is 2.59. The van der Waals surface area contributed by atoms with E-state index in [9.17, 15) is 0 Å². The fourth-order valence-corrected chi connectivity index (χ4v) is 0. The number of hydrogen-bond donors (Lipinski definition) is 2. The van der Waals surface area contributed by atoms with Crippen LogP contribution in [-0.4, -0.2) is 11.6 Å². The summed E-state index contributed by atoms with van der Waals surface area (Å²) >= 11 is 0. The predicted octanol–water partition coefficient (Wildman–Crippen LogP) is -1.90. The summed E-state index contributed by atoms with van der Waals surface area (Å²) in [5, 5.41) is 7.38. The minimum absolute atomic E-state index is 0.306. The Bertz CT molecular complexity index is 20.0. The fraction of sp³-hybridized carbons (Fsp3) is 0. The summed E-state index contributed by atoms with van der Waals surface area (Å²) in [7, 11) is 0. The molecular weight excluding hydrogens is 58.0 g/mol. The molecule has 0 radical (unpaired) electrons. The zero-order chi connectivity index (χ0) is 3.41. The predicted molar refractivity (Wildman–Crippen MR) is 9.78 cm³/mol. The van der Waals surface area contributed by atoms with E-state index in [0.29, 0.717) is 11.9 Å². The Hall–Kier alpha value is -0.410. The summed E-state index contributed by atoms with van der Waals surface area (Å²) in [5.41, 5.74) is 0.444. The van der Waals surface area contributed by atoms with Gasteiger partial charge in [-0.25, -0.2) is 10.0 Å². The largest absolute Gasteiger partial charge is 0.330 e. The van der Waals surface area contributed by atoms with E-state index in [1.807, 2.05) is 0 Å². The highest BCUT2D eigenvalue weighted by Crippen LogP contribution is 0.798. The molecule has 3 N–H and O–H groups in total. The quantitative estimate of drug-likeness (QED) is 0.212. The van der Waals surface area contributed by atoms with Crippen molar-refractivity contribution >= 4 is 6.41 Å². The molecule has 0 aliphatic rings. The van der Waals surface area contributed by atoms with Crippen LogP contribution in [0.25, 0.3) is 0 Å². The van der Waals surface area contributed by atoms with E-state index in [1.165, 1.54) is 0 Å². The molecule has 0 unspecified atom stereocenters. The molecule has 0 heterocycles. The van der Waals surface area contributed by atoms with E-state index in [1.54, 1.807) is 0 Å². The van der Waals surface area contributed by atoms with Crippen molar-refractivity contribution in [2.75, 3.05) is 0 Å². The van der Waals surface area contributed by atoms with Crippen molar-refractivity contribution in [3.8, 4) is 0 Å². The monoisotopic (exact) mass is 62.0 g/mol. The van der Waals surface area contributed by atoms with Gasteiger partial charge in [-0.1, -0.05) is 0 Å². The maximum absolute atomic E-state index is 8.87. The summed E-state index contributed by atoms with van der Waals surface area (Å²) in [6.07, 6.45) is 0.306. The maximum atomic E-state index is 8.87. The van der Waals surface area contributed by atoms with Crippen molar-refractivity contribution in [2.45, 2.75) is 0 Å². The molecule has 1 amide bonds. The minimum Gasteiger partial charge on any atom is -0.231 e. The van der Waals surface area contributed by atoms with Crippen LogP contribution < -0.4 is 5.48 Å². The number of amides is 1. The van der Waals surface area contributed by atoms with Gasteiger partial charge in [0.05, 0.1) is 0 Å². The van der Waals surface area contributed by atoms with E-state index >= 15 is 0 Å². The SMILES string of the molecule is O=C[NH2+]O. The summed E-state index contributed by atoms with van der Waals surface area (Å²) in [4.78, 5) is 8.87. The van der Waals surface area contributed by atoms with Gasteiger partial charge in [0, 0.05) is 0 Å². The van der Waals surface area contributed by atoms with Crippen LogP contribution in [-0.2, 0) is 4.79 Å². The average molecular weight is 62.0 g/mol. The molecule has 24 valence electrons. The zero-order valence-corrected chi connectivity index (χ0v) is 2.01. The molecule has 0 fully saturated rings. The molecule has 0 aromatic rings. The van der Waals surface area contributed by atoms with Gasteiger partial charge in [0.25, 0.3) is 0 Å². The molecule has 0 aliphatic heterocycles. The van der Waals surface area contributed by atoms with Crippen LogP contribution in [0.15, 0.2) is 0 Å². The fourth-order valence-electron chi connectivity index (χ4n) is 0. The summed E-state index contributed by atoms with van der Waals surface area (Å²) in [5.74, 6) is 0. The van der Waals surface area contributed by atoms with Crippen LogP contribution in [0.4, 0.5) is 0 Å². The second-order valence-corrected chi connectivity index (χ2v) is 0.285.